The predicted octanol–water partition coefficient (Wildman–Crippen LogP) is 3.79. The number of carbonyl (C=O) groups excluding carboxylic acids is 1. The number of anilines is 1. The Morgan fingerprint density at radius 1 is 1.38 bits per heavy atom. The maximum absolute atomic E-state index is 11.3. The molecule has 3 nitrogen and oxygen atoms in total. The molecule has 2 aromatic rings. The van der Waals surface area contributed by atoms with E-state index in [1.54, 1.807) is 18.4 Å². The van der Waals surface area contributed by atoms with Crippen LogP contribution in [0.2, 0.25) is 4.34 Å². The molecule has 1 unspecified atom stereocenters. The molecule has 1 heterocycles. The van der Waals surface area contributed by atoms with Crippen LogP contribution in [-0.2, 0) is 17.6 Å². The van der Waals surface area contributed by atoms with E-state index in [2.05, 4.69) is 16.7 Å². The van der Waals surface area contributed by atoms with Gasteiger partial charge in [0.25, 0.3) is 0 Å². The van der Waals surface area contributed by atoms with Gasteiger partial charge in [0.15, 0.2) is 0 Å². The van der Waals surface area contributed by atoms with Crippen molar-refractivity contribution in [3.63, 3.8) is 0 Å². The fraction of sp³-hybridized carbons (Fsp3) is 0.312. The number of amides is 1. The molecule has 5 heteroatoms. The summed E-state index contributed by atoms with van der Waals surface area (Å²) >= 11 is 7.77. The lowest BCUT2D eigenvalue weighted by atomic mass is 10.1. The van der Waals surface area contributed by atoms with Crippen molar-refractivity contribution in [1.82, 2.24) is 5.32 Å². The van der Waals surface area contributed by atoms with E-state index in [0.29, 0.717) is 12.5 Å². The van der Waals surface area contributed by atoms with Crippen molar-refractivity contribution >= 4 is 34.5 Å². The summed E-state index contributed by atoms with van der Waals surface area (Å²) in [5, 5.41) is 6.19. The fourth-order valence-electron chi connectivity index (χ4n) is 2.67. The van der Waals surface area contributed by atoms with Gasteiger partial charge in [-0.05, 0) is 42.2 Å². The van der Waals surface area contributed by atoms with Gasteiger partial charge in [-0.1, -0.05) is 23.7 Å². The van der Waals surface area contributed by atoms with E-state index in [0.717, 1.165) is 28.4 Å². The quantitative estimate of drug-likeness (QED) is 0.900. The minimum Gasteiger partial charge on any atom is -0.378 e. The number of hydrogen-bond acceptors (Lipinski definition) is 3. The van der Waals surface area contributed by atoms with Crippen LogP contribution in [0, 0.1) is 0 Å². The van der Waals surface area contributed by atoms with Gasteiger partial charge in [-0.3, -0.25) is 4.79 Å². The van der Waals surface area contributed by atoms with Crippen molar-refractivity contribution in [2.24, 2.45) is 0 Å². The molecule has 0 aliphatic heterocycles. The van der Waals surface area contributed by atoms with E-state index in [1.807, 2.05) is 24.3 Å². The Morgan fingerprint density at radius 2 is 2.14 bits per heavy atom. The topological polar surface area (TPSA) is 41.1 Å². The third-order valence-electron chi connectivity index (χ3n) is 3.79. The van der Waals surface area contributed by atoms with Crippen molar-refractivity contribution in [2.45, 2.75) is 25.3 Å². The molecule has 3 rings (SSSR count). The highest BCUT2D eigenvalue weighted by molar-refractivity contribution is 7.16. The highest BCUT2D eigenvalue weighted by Crippen LogP contribution is 2.40. The Labute approximate surface area is 133 Å². The van der Waals surface area contributed by atoms with Crippen LogP contribution < -0.4 is 10.6 Å². The minimum atomic E-state index is 0.0315. The van der Waals surface area contributed by atoms with Crippen LogP contribution in [0.25, 0.3) is 0 Å². The Kier molecular flexibility index (Phi) is 4.17. The van der Waals surface area contributed by atoms with E-state index in [1.165, 1.54) is 10.4 Å². The van der Waals surface area contributed by atoms with Gasteiger partial charge in [-0.15, -0.1) is 11.3 Å². The molecule has 0 spiro atoms. The molecule has 110 valence electrons. The number of likely N-dealkylation sites (N-methyl/N-ethyl adjacent to an activating group) is 1. The smallest absolute Gasteiger partial charge is 0.224 e. The second kappa shape index (κ2) is 6.08. The van der Waals surface area contributed by atoms with Crippen LogP contribution in [0.3, 0.4) is 0 Å². The SMILES string of the molecule is CNC(=O)Cc1ccc(NC2CCc3sc(Cl)cc32)cc1. The number of fused-ring (bicyclic) bond motifs is 1. The second-order valence-electron chi connectivity index (χ2n) is 5.21. The number of nitrogens with one attached hydrogen (secondary N) is 2. The molecule has 1 amide bonds. The van der Waals surface area contributed by atoms with Crippen molar-refractivity contribution < 1.29 is 4.79 Å². The largest absolute Gasteiger partial charge is 0.378 e. The lowest BCUT2D eigenvalue weighted by molar-refractivity contribution is -0.119. The zero-order chi connectivity index (χ0) is 14.8. The molecule has 1 aliphatic rings. The standard InChI is InChI=1S/C16H17ClN2OS/c1-18-16(20)8-10-2-4-11(5-3-10)19-13-6-7-14-12(13)9-15(17)21-14/h2-5,9,13,19H,6-8H2,1H3,(H,18,20). The summed E-state index contributed by atoms with van der Waals surface area (Å²) in [4.78, 5) is 12.7. The van der Waals surface area contributed by atoms with E-state index in [4.69, 9.17) is 11.6 Å². The van der Waals surface area contributed by atoms with E-state index in [-0.39, 0.29) is 5.91 Å². The van der Waals surface area contributed by atoms with Gasteiger partial charge in [0, 0.05) is 17.6 Å². The molecule has 2 N–H and O–H groups in total. The van der Waals surface area contributed by atoms with Crippen molar-refractivity contribution in [3.8, 4) is 0 Å². The van der Waals surface area contributed by atoms with Crippen molar-refractivity contribution in [2.75, 3.05) is 12.4 Å². The van der Waals surface area contributed by atoms with Crippen LogP contribution in [-0.4, -0.2) is 13.0 Å². The minimum absolute atomic E-state index is 0.0315. The third kappa shape index (κ3) is 3.22. The van der Waals surface area contributed by atoms with Crippen LogP contribution in [0.15, 0.2) is 30.3 Å². The predicted molar refractivity (Wildman–Crippen MR) is 88.2 cm³/mol. The van der Waals surface area contributed by atoms with Gasteiger partial charge < -0.3 is 10.6 Å². The highest BCUT2D eigenvalue weighted by atomic mass is 35.5. The number of carbonyl (C=O) groups is 1. The first-order chi connectivity index (χ1) is 10.2. The molecular weight excluding hydrogens is 304 g/mol. The van der Waals surface area contributed by atoms with Crippen LogP contribution in [0.4, 0.5) is 5.69 Å². The Morgan fingerprint density at radius 3 is 2.86 bits per heavy atom. The van der Waals surface area contributed by atoms with Crippen molar-refractivity contribution in [3.05, 3.63) is 50.7 Å². The Bertz CT molecular complexity index is 651. The summed E-state index contributed by atoms with van der Waals surface area (Å²) in [5.74, 6) is 0.0315. The molecule has 21 heavy (non-hydrogen) atoms. The van der Waals surface area contributed by atoms with E-state index < -0.39 is 0 Å². The highest BCUT2D eigenvalue weighted by Gasteiger charge is 2.24. The summed E-state index contributed by atoms with van der Waals surface area (Å²) in [5.41, 5.74) is 3.43. The summed E-state index contributed by atoms with van der Waals surface area (Å²) in [6.07, 6.45) is 2.63. The molecule has 1 aliphatic carbocycles. The first-order valence-electron chi connectivity index (χ1n) is 7.00. The number of hydrogen-bond donors (Lipinski definition) is 2. The van der Waals surface area contributed by atoms with E-state index >= 15 is 0 Å². The molecule has 1 atom stereocenters. The number of rotatable bonds is 4. The normalized spacial score (nSPS) is 16.6. The molecule has 0 saturated carbocycles. The molecule has 1 aromatic heterocycles. The van der Waals surface area contributed by atoms with Gasteiger partial charge in [0.2, 0.25) is 5.91 Å². The summed E-state index contributed by atoms with van der Waals surface area (Å²) in [6.45, 7) is 0. The zero-order valence-electron chi connectivity index (χ0n) is 11.8. The van der Waals surface area contributed by atoms with E-state index in [9.17, 15) is 4.79 Å². The maximum Gasteiger partial charge on any atom is 0.224 e. The number of benzene rings is 1. The average molecular weight is 321 g/mol. The summed E-state index contributed by atoms with van der Waals surface area (Å²) in [6, 6.07) is 10.5. The second-order valence-corrected chi connectivity index (χ2v) is 6.98. The monoisotopic (exact) mass is 320 g/mol. The fourth-order valence-corrected chi connectivity index (χ4v) is 4.03. The Hall–Kier alpha value is -1.52. The van der Waals surface area contributed by atoms with Crippen LogP contribution in [0.5, 0.6) is 0 Å². The summed E-state index contributed by atoms with van der Waals surface area (Å²) in [7, 11) is 1.65. The molecule has 1 aromatic carbocycles. The average Bonchev–Trinajstić information content (AvgIpc) is 3.01. The summed E-state index contributed by atoms with van der Waals surface area (Å²) < 4.78 is 0.868. The molecule has 0 fully saturated rings. The van der Waals surface area contributed by atoms with Crippen LogP contribution >= 0.6 is 22.9 Å². The Balaban J connectivity index is 1.67. The first kappa shape index (κ1) is 14.4. The number of aryl methyl sites for hydroxylation is 1. The molecule has 0 saturated heterocycles. The van der Waals surface area contributed by atoms with Gasteiger partial charge in [0.1, 0.15) is 0 Å². The molecule has 0 radical (unpaired) electrons. The first-order valence-corrected chi connectivity index (χ1v) is 8.19. The van der Waals surface area contributed by atoms with Gasteiger partial charge in [-0.25, -0.2) is 0 Å². The lowest BCUT2D eigenvalue weighted by Crippen LogP contribution is -2.19. The third-order valence-corrected chi connectivity index (χ3v) is 5.13. The number of thiophene rings is 1. The van der Waals surface area contributed by atoms with Crippen molar-refractivity contribution in [1.29, 1.82) is 0 Å². The lowest BCUT2D eigenvalue weighted by Gasteiger charge is -2.15. The maximum atomic E-state index is 11.3. The number of halogens is 1. The van der Waals surface area contributed by atoms with Gasteiger partial charge in [0.05, 0.1) is 16.8 Å². The van der Waals surface area contributed by atoms with Gasteiger partial charge in [-0.2, -0.15) is 0 Å². The zero-order valence-corrected chi connectivity index (χ0v) is 13.4. The van der Waals surface area contributed by atoms with Crippen LogP contribution in [0.1, 0.15) is 28.5 Å². The van der Waals surface area contributed by atoms with Gasteiger partial charge >= 0.3 is 0 Å². The molecular formula is C16H17ClN2OS. The molecule has 0 bridgehead atoms.